The number of phenols is 1. The second kappa shape index (κ2) is 7.79. The Morgan fingerprint density at radius 1 is 1.00 bits per heavy atom. The summed E-state index contributed by atoms with van der Waals surface area (Å²) in [6.07, 6.45) is 0. The molecule has 0 spiro atoms. The predicted octanol–water partition coefficient (Wildman–Crippen LogP) is 4.48. The van der Waals surface area contributed by atoms with Crippen LogP contribution in [-0.2, 0) is 11.3 Å². The van der Waals surface area contributed by atoms with Gasteiger partial charge >= 0.3 is 5.97 Å². The Kier molecular flexibility index (Phi) is 5.43. The summed E-state index contributed by atoms with van der Waals surface area (Å²) in [5, 5.41) is 18.9. The molecule has 0 aromatic heterocycles. The van der Waals surface area contributed by atoms with E-state index in [0.717, 1.165) is 22.0 Å². The number of benzene rings is 3. The number of anilines is 2. The summed E-state index contributed by atoms with van der Waals surface area (Å²) >= 11 is -2.49. The summed E-state index contributed by atoms with van der Waals surface area (Å²) in [7, 11) is 0. The maximum absolute atomic E-state index is 13.5. The molecule has 0 aliphatic carbocycles. The Labute approximate surface area is 162 Å². The van der Waals surface area contributed by atoms with Gasteiger partial charge in [0.2, 0.25) is 0 Å². The standard InChI is InChI=1S/C20H16FNO5S/c1-12-9-14(5-8-18(12)21)13-3-2-4-15(10-13)22(28(26)27)16-6-7-17(20(24)25)19(23)11-16/h2-11,23H,1H3,(H,24,25)(H,26,27). The van der Waals surface area contributed by atoms with Gasteiger partial charge in [0.15, 0.2) is 0 Å². The van der Waals surface area contributed by atoms with E-state index in [1.807, 2.05) is 0 Å². The van der Waals surface area contributed by atoms with E-state index in [1.54, 1.807) is 43.3 Å². The van der Waals surface area contributed by atoms with Crippen LogP contribution in [0.3, 0.4) is 0 Å². The molecule has 1 atom stereocenters. The summed E-state index contributed by atoms with van der Waals surface area (Å²) < 4.78 is 36.3. The monoisotopic (exact) mass is 401 g/mol. The fraction of sp³-hybridized carbons (Fsp3) is 0.0500. The summed E-state index contributed by atoms with van der Waals surface area (Å²) in [6.45, 7) is 1.64. The first-order chi connectivity index (χ1) is 13.3. The van der Waals surface area contributed by atoms with Crippen LogP contribution in [0, 0.1) is 12.7 Å². The molecule has 0 radical (unpaired) electrons. The summed E-state index contributed by atoms with van der Waals surface area (Å²) in [5.74, 6) is -2.16. The highest BCUT2D eigenvalue weighted by Gasteiger charge is 2.19. The highest BCUT2D eigenvalue weighted by molar-refractivity contribution is 7.81. The lowest BCUT2D eigenvalue weighted by atomic mass is 10.0. The van der Waals surface area contributed by atoms with Crippen LogP contribution in [0.2, 0.25) is 0 Å². The number of hydrogen-bond acceptors (Lipinski definition) is 3. The van der Waals surface area contributed by atoms with Crippen LogP contribution in [-0.4, -0.2) is 24.9 Å². The van der Waals surface area contributed by atoms with E-state index < -0.39 is 23.0 Å². The second-order valence-corrected chi connectivity index (χ2v) is 6.87. The lowest BCUT2D eigenvalue weighted by Crippen LogP contribution is -2.19. The third kappa shape index (κ3) is 3.88. The first-order valence-electron chi connectivity index (χ1n) is 8.12. The highest BCUT2D eigenvalue weighted by Crippen LogP contribution is 2.33. The van der Waals surface area contributed by atoms with Crippen molar-refractivity contribution in [2.75, 3.05) is 4.31 Å². The van der Waals surface area contributed by atoms with Gasteiger partial charge in [-0.1, -0.05) is 18.2 Å². The van der Waals surface area contributed by atoms with E-state index >= 15 is 0 Å². The van der Waals surface area contributed by atoms with E-state index in [0.29, 0.717) is 16.8 Å². The molecule has 0 aliphatic heterocycles. The first-order valence-corrected chi connectivity index (χ1v) is 9.18. The molecule has 0 saturated heterocycles. The normalized spacial score (nSPS) is 11.8. The van der Waals surface area contributed by atoms with Crippen molar-refractivity contribution in [3.05, 3.63) is 77.6 Å². The molecule has 1 unspecified atom stereocenters. The van der Waals surface area contributed by atoms with E-state index in [-0.39, 0.29) is 17.1 Å². The first kappa shape index (κ1) is 19.5. The number of aromatic hydroxyl groups is 1. The Morgan fingerprint density at radius 3 is 2.29 bits per heavy atom. The van der Waals surface area contributed by atoms with Gasteiger partial charge in [-0.15, -0.1) is 0 Å². The van der Waals surface area contributed by atoms with Gasteiger partial charge in [0, 0.05) is 6.07 Å². The molecule has 6 nitrogen and oxygen atoms in total. The van der Waals surface area contributed by atoms with E-state index in [2.05, 4.69) is 0 Å². The average molecular weight is 401 g/mol. The summed E-state index contributed by atoms with van der Waals surface area (Å²) in [6, 6.07) is 14.9. The zero-order chi connectivity index (χ0) is 20.4. The van der Waals surface area contributed by atoms with Crippen LogP contribution in [0.25, 0.3) is 11.1 Å². The van der Waals surface area contributed by atoms with Crippen molar-refractivity contribution in [1.82, 2.24) is 0 Å². The number of aryl methyl sites for hydroxylation is 1. The van der Waals surface area contributed by atoms with Gasteiger partial charge in [0.25, 0.3) is 11.3 Å². The molecule has 8 heteroatoms. The number of aromatic carboxylic acids is 1. The molecule has 3 aromatic rings. The number of carboxylic acids is 1. The predicted molar refractivity (Wildman–Crippen MR) is 105 cm³/mol. The molecule has 0 heterocycles. The molecule has 3 rings (SSSR count). The third-order valence-corrected chi connectivity index (χ3v) is 4.91. The quantitative estimate of drug-likeness (QED) is 0.548. The molecule has 0 aliphatic rings. The van der Waals surface area contributed by atoms with Crippen molar-refractivity contribution in [3.8, 4) is 16.9 Å². The number of carbonyl (C=O) groups is 1. The lowest BCUT2D eigenvalue weighted by Gasteiger charge is -2.21. The van der Waals surface area contributed by atoms with E-state index in [4.69, 9.17) is 5.11 Å². The molecule has 0 bridgehead atoms. The SMILES string of the molecule is Cc1cc(-c2cccc(N(c3ccc(C(=O)O)c(O)c3)S(=O)O)c2)ccc1F. The topological polar surface area (TPSA) is 98.1 Å². The highest BCUT2D eigenvalue weighted by atomic mass is 32.2. The number of halogens is 1. The Bertz CT molecular complexity index is 1090. The Morgan fingerprint density at radius 2 is 1.68 bits per heavy atom. The number of carboxylic acid groups (broad SMARTS) is 1. The van der Waals surface area contributed by atoms with Crippen molar-refractivity contribution < 1.29 is 28.2 Å². The number of nitrogens with zero attached hydrogens (tertiary/aromatic N) is 1. The summed E-state index contributed by atoms with van der Waals surface area (Å²) in [5.41, 5.74) is 2.05. The van der Waals surface area contributed by atoms with Crippen molar-refractivity contribution in [3.63, 3.8) is 0 Å². The molecule has 3 N–H and O–H groups in total. The Balaban J connectivity index is 2.06. The lowest BCUT2D eigenvalue weighted by molar-refractivity contribution is 0.0694. The van der Waals surface area contributed by atoms with Gasteiger partial charge in [-0.05, 0) is 60.0 Å². The van der Waals surface area contributed by atoms with Gasteiger partial charge in [0.05, 0.1) is 11.4 Å². The van der Waals surface area contributed by atoms with Crippen LogP contribution in [0.5, 0.6) is 5.75 Å². The van der Waals surface area contributed by atoms with Crippen LogP contribution >= 0.6 is 0 Å². The van der Waals surface area contributed by atoms with Crippen molar-refractivity contribution in [2.45, 2.75) is 6.92 Å². The molecular weight excluding hydrogens is 385 g/mol. The zero-order valence-corrected chi connectivity index (χ0v) is 15.5. The molecule has 144 valence electrons. The van der Waals surface area contributed by atoms with Crippen LogP contribution in [0.4, 0.5) is 15.8 Å². The fourth-order valence-corrected chi connectivity index (χ4v) is 3.38. The van der Waals surface area contributed by atoms with E-state index in [1.165, 1.54) is 12.1 Å². The molecule has 28 heavy (non-hydrogen) atoms. The molecular formula is C20H16FNO5S. The van der Waals surface area contributed by atoms with Gasteiger partial charge in [0.1, 0.15) is 17.1 Å². The minimum absolute atomic E-state index is 0.135. The van der Waals surface area contributed by atoms with Crippen molar-refractivity contribution in [1.29, 1.82) is 0 Å². The smallest absolute Gasteiger partial charge is 0.339 e. The van der Waals surface area contributed by atoms with Crippen LogP contribution < -0.4 is 4.31 Å². The van der Waals surface area contributed by atoms with Gasteiger partial charge < -0.3 is 10.2 Å². The molecule has 0 fully saturated rings. The van der Waals surface area contributed by atoms with E-state index in [9.17, 15) is 23.1 Å². The zero-order valence-electron chi connectivity index (χ0n) is 14.7. The summed E-state index contributed by atoms with van der Waals surface area (Å²) in [4.78, 5) is 11.1. The average Bonchev–Trinajstić information content (AvgIpc) is 2.64. The minimum Gasteiger partial charge on any atom is -0.507 e. The minimum atomic E-state index is -2.49. The maximum Gasteiger partial charge on any atom is 0.339 e. The van der Waals surface area contributed by atoms with Gasteiger partial charge in [-0.3, -0.25) is 4.55 Å². The van der Waals surface area contributed by atoms with Gasteiger partial charge in [-0.2, -0.15) is 0 Å². The van der Waals surface area contributed by atoms with Crippen LogP contribution in [0.15, 0.2) is 60.7 Å². The number of rotatable bonds is 5. The second-order valence-electron chi connectivity index (χ2n) is 6.05. The van der Waals surface area contributed by atoms with Crippen LogP contribution in [0.1, 0.15) is 15.9 Å². The fourth-order valence-electron chi connectivity index (χ4n) is 2.79. The largest absolute Gasteiger partial charge is 0.507 e. The molecule has 3 aromatic carbocycles. The molecule has 0 saturated carbocycles. The molecule has 0 amide bonds. The van der Waals surface area contributed by atoms with Crippen molar-refractivity contribution >= 4 is 28.6 Å². The maximum atomic E-state index is 13.5. The van der Waals surface area contributed by atoms with Gasteiger partial charge in [-0.25, -0.2) is 17.7 Å². The Hall–Kier alpha value is -3.23. The van der Waals surface area contributed by atoms with Crippen molar-refractivity contribution in [2.24, 2.45) is 0 Å². The third-order valence-electron chi connectivity index (χ3n) is 4.17. The number of hydrogen-bond donors (Lipinski definition) is 3.